The minimum absolute atomic E-state index is 0.0706. The molecule has 0 saturated carbocycles. The van der Waals surface area contributed by atoms with E-state index in [0.29, 0.717) is 30.5 Å². The van der Waals surface area contributed by atoms with Crippen molar-refractivity contribution in [2.45, 2.75) is 13.3 Å². The van der Waals surface area contributed by atoms with Crippen LogP contribution in [-0.4, -0.2) is 50.5 Å². The van der Waals surface area contributed by atoms with Crippen LogP contribution in [0.5, 0.6) is 0 Å². The van der Waals surface area contributed by atoms with Crippen LogP contribution < -0.4 is 10.6 Å². The molecule has 0 aromatic heterocycles. The van der Waals surface area contributed by atoms with E-state index in [4.69, 9.17) is 11.6 Å². The molecule has 0 unspecified atom stereocenters. The number of amides is 1. The minimum Gasteiger partial charge on any atom is -0.357 e. The van der Waals surface area contributed by atoms with Crippen LogP contribution in [-0.2, 0) is 11.2 Å². The molecule has 5 nitrogen and oxygen atoms in total. The molecule has 0 fully saturated rings. The molecule has 1 aromatic rings. The van der Waals surface area contributed by atoms with E-state index in [-0.39, 0.29) is 18.3 Å². The molecule has 0 spiro atoms. The third kappa shape index (κ3) is 6.30. The molecule has 2 N–H and O–H groups in total. The van der Waals surface area contributed by atoms with Crippen LogP contribution in [0, 0.1) is 5.82 Å². The van der Waals surface area contributed by atoms with Crippen molar-refractivity contribution in [3.8, 4) is 0 Å². The Bertz CT molecular complexity index is 534. The lowest BCUT2D eigenvalue weighted by molar-refractivity contribution is -0.127. The van der Waals surface area contributed by atoms with Gasteiger partial charge < -0.3 is 15.5 Å². The van der Waals surface area contributed by atoms with Crippen molar-refractivity contribution in [1.82, 2.24) is 15.5 Å². The van der Waals surface area contributed by atoms with Crippen LogP contribution >= 0.6 is 11.6 Å². The molecule has 0 aliphatic rings. The van der Waals surface area contributed by atoms with Gasteiger partial charge in [0.05, 0.1) is 0 Å². The Morgan fingerprint density at radius 1 is 1.36 bits per heavy atom. The molecule has 7 heteroatoms. The van der Waals surface area contributed by atoms with Crippen molar-refractivity contribution < 1.29 is 9.18 Å². The van der Waals surface area contributed by atoms with Gasteiger partial charge in [-0.05, 0) is 31.0 Å². The summed E-state index contributed by atoms with van der Waals surface area (Å²) in [6.07, 6.45) is 0.630. The third-order valence-corrected chi connectivity index (χ3v) is 3.27. The number of likely N-dealkylation sites (N-methyl/N-ethyl adjacent to an activating group) is 1. The largest absolute Gasteiger partial charge is 0.357 e. The second kappa shape index (κ2) is 9.25. The quantitative estimate of drug-likeness (QED) is 0.617. The molecule has 1 amide bonds. The Morgan fingerprint density at radius 2 is 2.09 bits per heavy atom. The van der Waals surface area contributed by atoms with Gasteiger partial charge in [-0.3, -0.25) is 4.79 Å². The molecule has 1 aromatic carbocycles. The highest BCUT2D eigenvalue weighted by Crippen LogP contribution is 2.17. The van der Waals surface area contributed by atoms with E-state index in [1.165, 1.54) is 17.0 Å². The normalized spacial score (nSPS) is 11.2. The molecule has 0 heterocycles. The summed E-state index contributed by atoms with van der Waals surface area (Å²) in [6.45, 7) is 3.30. The van der Waals surface area contributed by atoms with Gasteiger partial charge in [-0.1, -0.05) is 17.7 Å². The van der Waals surface area contributed by atoms with Crippen molar-refractivity contribution in [2.75, 3.05) is 33.7 Å². The van der Waals surface area contributed by atoms with Crippen LogP contribution in [0.1, 0.15) is 12.5 Å². The van der Waals surface area contributed by atoms with Gasteiger partial charge in [0.2, 0.25) is 5.91 Å². The highest BCUT2D eigenvalue weighted by Gasteiger charge is 2.05. The molecular weight excluding hydrogens is 307 g/mol. The first-order valence-electron chi connectivity index (χ1n) is 7.10. The van der Waals surface area contributed by atoms with E-state index < -0.39 is 0 Å². The molecule has 122 valence electrons. The van der Waals surface area contributed by atoms with Gasteiger partial charge in [0.1, 0.15) is 12.4 Å². The number of halogens is 2. The van der Waals surface area contributed by atoms with Crippen LogP contribution in [0.2, 0.25) is 5.02 Å². The van der Waals surface area contributed by atoms with Crippen LogP contribution in [0.25, 0.3) is 0 Å². The first-order valence-corrected chi connectivity index (χ1v) is 7.48. The molecule has 0 aliphatic heterocycles. The Kier molecular flexibility index (Phi) is 7.66. The lowest BCUT2D eigenvalue weighted by atomic mass is 10.1. The second-order valence-electron chi connectivity index (χ2n) is 4.90. The van der Waals surface area contributed by atoms with Crippen LogP contribution in [0.4, 0.5) is 4.39 Å². The summed E-state index contributed by atoms with van der Waals surface area (Å²) in [5.41, 5.74) is 0.857. The average Bonchev–Trinajstić information content (AvgIpc) is 2.46. The topological polar surface area (TPSA) is 56.7 Å². The highest BCUT2D eigenvalue weighted by molar-refractivity contribution is 6.31. The third-order valence-electron chi connectivity index (χ3n) is 2.92. The first kappa shape index (κ1) is 18.2. The van der Waals surface area contributed by atoms with Gasteiger partial charge >= 0.3 is 0 Å². The van der Waals surface area contributed by atoms with Gasteiger partial charge in [-0.25, -0.2) is 9.38 Å². The van der Waals surface area contributed by atoms with Crippen LogP contribution in [0.3, 0.4) is 0 Å². The van der Waals surface area contributed by atoms with Gasteiger partial charge in [-0.15, -0.1) is 0 Å². The van der Waals surface area contributed by atoms with E-state index in [2.05, 4.69) is 15.6 Å². The fourth-order valence-corrected chi connectivity index (χ4v) is 1.93. The van der Waals surface area contributed by atoms with Gasteiger partial charge in [0.15, 0.2) is 5.96 Å². The molecule has 0 radical (unpaired) electrons. The zero-order valence-electron chi connectivity index (χ0n) is 13.1. The number of aliphatic imine (C=N–C) groups is 1. The lowest BCUT2D eigenvalue weighted by Gasteiger charge is -2.13. The van der Waals surface area contributed by atoms with Crippen molar-refractivity contribution in [1.29, 1.82) is 0 Å². The smallest absolute Gasteiger partial charge is 0.243 e. The predicted octanol–water partition coefficient (Wildman–Crippen LogP) is 1.66. The van der Waals surface area contributed by atoms with E-state index in [1.807, 2.05) is 6.92 Å². The molecule has 22 heavy (non-hydrogen) atoms. The Hall–Kier alpha value is -1.82. The molecular formula is C15H22ClFN4O. The van der Waals surface area contributed by atoms with E-state index in [0.717, 1.165) is 5.56 Å². The number of carbonyl (C=O) groups is 1. The maximum Gasteiger partial charge on any atom is 0.243 e. The summed E-state index contributed by atoms with van der Waals surface area (Å²) in [5, 5.41) is 6.59. The molecule has 0 aliphatic carbocycles. The number of hydrogen-bond donors (Lipinski definition) is 2. The predicted molar refractivity (Wildman–Crippen MR) is 87.8 cm³/mol. The summed E-state index contributed by atoms with van der Waals surface area (Å²) in [7, 11) is 3.38. The highest BCUT2D eigenvalue weighted by atomic mass is 35.5. The van der Waals surface area contributed by atoms with Crippen molar-refractivity contribution in [3.63, 3.8) is 0 Å². The molecule has 0 atom stereocenters. The van der Waals surface area contributed by atoms with Crippen molar-refractivity contribution in [3.05, 3.63) is 34.6 Å². The number of carbonyl (C=O) groups excluding carboxylic acids is 1. The maximum absolute atomic E-state index is 13.0. The number of nitrogens with one attached hydrogen (secondary N) is 2. The standard InChI is InChI=1S/C15H22ClFN4O/c1-4-18-15(20-10-14(22)21(2)3)19-8-7-11-5-6-12(17)9-13(11)16/h5-6,9H,4,7-8,10H2,1-3H3,(H2,18,19,20). The zero-order valence-corrected chi connectivity index (χ0v) is 13.9. The van der Waals surface area contributed by atoms with Gasteiger partial charge in [-0.2, -0.15) is 0 Å². The number of nitrogens with zero attached hydrogens (tertiary/aromatic N) is 2. The van der Waals surface area contributed by atoms with E-state index in [9.17, 15) is 9.18 Å². The SMILES string of the molecule is CCNC(=NCC(=O)N(C)C)NCCc1ccc(F)cc1Cl. The Morgan fingerprint density at radius 3 is 2.68 bits per heavy atom. The summed E-state index contributed by atoms with van der Waals surface area (Å²) in [5.74, 6) is 0.147. The lowest BCUT2D eigenvalue weighted by Crippen LogP contribution is -2.39. The summed E-state index contributed by atoms with van der Waals surface area (Å²) >= 11 is 5.98. The molecule has 1 rings (SSSR count). The monoisotopic (exact) mass is 328 g/mol. The number of guanidine groups is 1. The fourth-order valence-electron chi connectivity index (χ4n) is 1.67. The fraction of sp³-hybridized carbons (Fsp3) is 0.467. The summed E-state index contributed by atoms with van der Waals surface area (Å²) in [6, 6.07) is 4.35. The van der Waals surface area contributed by atoms with E-state index in [1.54, 1.807) is 20.2 Å². The van der Waals surface area contributed by atoms with Gasteiger partial charge in [0.25, 0.3) is 0 Å². The summed E-state index contributed by atoms with van der Waals surface area (Å²) < 4.78 is 13.0. The zero-order chi connectivity index (χ0) is 16.5. The van der Waals surface area contributed by atoms with Crippen molar-refractivity contribution >= 4 is 23.5 Å². The number of rotatable bonds is 6. The second-order valence-corrected chi connectivity index (χ2v) is 5.30. The Balaban J connectivity index is 2.53. The number of hydrogen-bond acceptors (Lipinski definition) is 2. The molecule has 0 bridgehead atoms. The van der Waals surface area contributed by atoms with Gasteiger partial charge in [0, 0.05) is 32.2 Å². The first-order chi connectivity index (χ1) is 10.4. The molecule has 0 saturated heterocycles. The number of benzene rings is 1. The summed E-state index contributed by atoms with van der Waals surface area (Å²) in [4.78, 5) is 17.2. The average molecular weight is 329 g/mol. The van der Waals surface area contributed by atoms with Crippen LogP contribution in [0.15, 0.2) is 23.2 Å². The minimum atomic E-state index is -0.348. The maximum atomic E-state index is 13.0. The van der Waals surface area contributed by atoms with Crippen molar-refractivity contribution in [2.24, 2.45) is 4.99 Å². The Labute approximate surface area is 135 Å². The van der Waals surface area contributed by atoms with E-state index >= 15 is 0 Å².